The quantitative estimate of drug-likeness (QED) is 0.799. The molecule has 21 heavy (non-hydrogen) atoms. The third kappa shape index (κ3) is 7.73. The highest BCUT2D eigenvalue weighted by Crippen LogP contribution is 2.32. The smallest absolute Gasteiger partial charge is 0.416 e. The highest BCUT2D eigenvalue weighted by Gasteiger charge is 2.31. The standard InChI is InChI=1S/C12H13F3O2.2C2H6/c1-11(2,7-10(16)17)8-3-5-9(6-4-8)12(13,14)15;2*1-2/h3-6H,7H2,1-2H3,(H,16,17);2*1-2H3. The SMILES string of the molecule is CC.CC.CC(C)(CC(=O)O)c1ccc(C(F)(F)F)cc1. The summed E-state index contributed by atoms with van der Waals surface area (Å²) >= 11 is 0. The Balaban J connectivity index is 0. The molecule has 0 atom stereocenters. The van der Waals surface area contributed by atoms with Crippen molar-refractivity contribution < 1.29 is 23.1 Å². The van der Waals surface area contributed by atoms with Gasteiger partial charge in [0.2, 0.25) is 0 Å². The van der Waals surface area contributed by atoms with E-state index in [4.69, 9.17) is 5.11 Å². The topological polar surface area (TPSA) is 37.3 Å². The summed E-state index contributed by atoms with van der Waals surface area (Å²) in [6.07, 6.45) is -4.49. The van der Waals surface area contributed by atoms with Gasteiger partial charge in [-0.1, -0.05) is 53.7 Å². The third-order valence-corrected chi connectivity index (χ3v) is 2.59. The Kier molecular flexibility index (Phi) is 9.77. The van der Waals surface area contributed by atoms with Crippen molar-refractivity contribution in [1.29, 1.82) is 0 Å². The van der Waals surface area contributed by atoms with Gasteiger partial charge in [-0.2, -0.15) is 13.2 Å². The van der Waals surface area contributed by atoms with Crippen LogP contribution in [0, 0.1) is 0 Å². The first-order chi connectivity index (χ1) is 9.63. The van der Waals surface area contributed by atoms with Crippen LogP contribution in [-0.4, -0.2) is 11.1 Å². The lowest BCUT2D eigenvalue weighted by atomic mass is 9.81. The average Bonchev–Trinajstić information content (AvgIpc) is 2.41. The minimum Gasteiger partial charge on any atom is -0.481 e. The lowest BCUT2D eigenvalue weighted by molar-refractivity contribution is -0.139. The maximum Gasteiger partial charge on any atom is 0.416 e. The van der Waals surface area contributed by atoms with Crippen molar-refractivity contribution in [2.24, 2.45) is 0 Å². The summed E-state index contributed by atoms with van der Waals surface area (Å²) in [5.41, 5.74) is -0.837. The minimum absolute atomic E-state index is 0.127. The number of carboxylic acids is 1. The van der Waals surface area contributed by atoms with Crippen LogP contribution in [-0.2, 0) is 16.4 Å². The number of carbonyl (C=O) groups is 1. The van der Waals surface area contributed by atoms with E-state index in [1.807, 2.05) is 27.7 Å². The molecule has 0 radical (unpaired) electrons. The van der Waals surface area contributed by atoms with Crippen LogP contribution in [0.1, 0.15) is 59.1 Å². The van der Waals surface area contributed by atoms with Crippen LogP contribution in [0.3, 0.4) is 0 Å². The number of alkyl halides is 3. The van der Waals surface area contributed by atoms with Crippen LogP contribution >= 0.6 is 0 Å². The van der Waals surface area contributed by atoms with Gasteiger partial charge in [-0.25, -0.2) is 0 Å². The largest absolute Gasteiger partial charge is 0.481 e. The second kappa shape index (κ2) is 9.42. The van der Waals surface area contributed by atoms with Crippen molar-refractivity contribution in [3.63, 3.8) is 0 Å². The lowest BCUT2D eigenvalue weighted by Gasteiger charge is -2.23. The van der Waals surface area contributed by atoms with Gasteiger partial charge in [0.1, 0.15) is 0 Å². The van der Waals surface area contributed by atoms with Crippen molar-refractivity contribution in [3.8, 4) is 0 Å². The molecule has 0 saturated carbocycles. The average molecular weight is 306 g/mol. The molecule has 0 fully saturated rings. The van der Waals surface area contributed by atoms with E-state index in [2.05, 4.69) is 0 Å². The van der Waals surface area contributed by atoms with E-state index in [1.165, 1.54) is 12.1 Å². The molecule has 0 amide bonds. The first-order valence-electron chi connectivity index (χ1n) is 7.02. The molecule has 0 unspecified atom stereocenters. The van der Waals surface area contributed by atoms with Crippen LogP contribution in [0.25, 0.3) is 0 Å². The summed E-state index contributed by atoms with van der Waals surface area (Å²) in [6.45, 7) is 11.4. The monoisotopic (exact) mass is 306 g/mol. The van der Waals surface area contributed by atoms with Gasteiger partial charge in [0.25, 0.3) is 0 Å². The molecule has 122 valence electrons. The van der Waals surface area contributed by atoms with Crippen molar-refractivity contribution in [1.82, 2.24) is 0 Å². The predicted octanol–water partition coefficient (Wildman–Crippen LogP) is 5.51. The Labute approximate surface area is 125 Å². The van der Waals surface area contributed by atoms with E-state index in [0.29, 0.717) is 5.56 Å². The first-order valence-corrected chi connectivity index (χ1v) is 7.02. The van der Waals surface area contributed by atoms with Crippen molar-refractivity contribution in [2.75, 3.05) is 0 Å². The van der Waals surface area contributed by atoms with Gasteiger partial charge >= 0.3 is 12.1 Å². The first kappa shape index (κ1) is 21.8. The van der Waals surface area contributed by atoms with Gasteiger partial charge in [0.15, 0.2) is 0 Å². The summed E-state index contributed by atoms with van der Waals surface area (Å²) in [6, 6.07) is 4.59. The summed E-state index contributed by atoms with van der Waals surface area (Å²) in [5.74, 6) is -0.977. The molecule has 2 nitrogen and oxygen atoms in total. The van der Waals surface area contributed by atoms with Crippen LogP contribution in [0.2, 0.25) is 0 Å². The molecule has 1 N–H and O–H groups in total. The normalized spacial score (nSPS) is 10.7. The van der Waals surface area contributed by atoms with Crippen LogP contribution in [0.15, 0.2) is 24.3 Å². The summed E-state index contributed by atoms with van der Waals surface area (Å²) < 4.78 is 37.0. The van der Waals surface area contributed by atoms with Gasteiger partial charge in [0.05, 0.1) is 12.0 Å². The molecule has 0 aromatic heterocycles. The van der Waals surface area contributed by atoms with Crippen molar-refractivity contribution >= 4 is 5.97 Å². The number of benzene rings is 1. The van der Waals surface area contributed by atoms with E-state index in [-0.39, 0.29) is 6.42 Å². The molecule has 1 aromatic carbocycles. The van der Waals surface area contributed by atoms with Crippen LogP contribution < -0.4 is 0 Å². The Morgan fingerprint density at radius 2 is 1.29 bits per heavy atom. The number of rotatable bonds is 3. The molecular formula is C16H25F3O2. The summed E-state index contributed by atoms with van der Waals surface area (Å²) in [7, 11) is 0. The van der Waals surface area contributed by atoms with E-state index < -0.39 is 23.1 Å². The van der Waals surface area contributed by atoms with E-state index >= 15 is 0 Å². The second-order valence-electron chi connectivity index (χ2n) is 4.53. The highest BCUT2D eigenvalue weighted by atomic mass is 19.4. The molecule has 0 heterocycles. The maximum absolute atomic E-state index is 12.3. The van der Waals surface area contributed by atoms with Gasteiger partial charge < -0.3 is 5.11 Å². The molecule has 0 saturated heterocycles. The number of aliphatic carboxylic acids is 1. The number of hydrogen-bond acceptors (Lipinski definition) is 1. The van der Waals surface area contributed by atoms with Crippen molar-refractivity contribution in [2.45, 2.75) is 59.6 Å². The van der Waals surface area contributed by atoms with Gasteiger partial charge in [0, 0.05) is 5.41 Å². The summed E-state index contributed by atoms with van der Waals surface area (Å²) in [4.78, 5) is 10.6. The molecule has 0 aliphatic rings. The molecule has 0 bridgehead atoms. The molecule has 0 spiro atoms. The van der Waals surface area contributed by atoms with E-state index in [0.717, 1.165) is 12.1 Å². The molecule has 0 aliphatic heterocycles. The van der Waals surface area contributed by atoms with Gasteiger partial charge in [-0.15, -0.1) is 0 Å². The zero-order valence-electron chi connectivity index (χ0n) is 13.5. The fraction of sp³-hybridized carbons (Fsp3) is 0.562. The highest BCUT2D eigenvalue weighted by molar-refractivity contribution is 5.68. The zero-order chi connectivity index (χ0) is 17.3. The Morgan fingerprint density at radius 3 is 1.57 bits per heavy atom. The van der Waals surface area contributed by atoms with Crippen molar-refractivity contribution in [3.05, 3.63) is 35.4 Å². The zero-order valence-corrected chi connectivity index (χ0v) is 13.5. The minimum atomic E-state index is -4.37. The third-order valence-electron chi connectivity index (χ3n) is 2.59. The Hall–Kier alpha value is -1.52. The molecule has 0 aliphatic carbocycles. The Morgan fingerprint density at radius 1 is 0.952 bits per heavy atom. The maximum atomic E-state index is 12.3. The predicted molar refractivity (Wildman–Crippen MR) is 79.4 cm³/mol. The molecular weight excluding hydrogens is 281 g/mol. The van der Waals surface area contributed by atoms with Gasteiger partial charge in [-0.05, 0) is 17.7 Å². The van der Waals surface area contributed by atoms with Gasteiger partial charge in [-0.3, -0.25) is 4.79 Å². The summed E-state index contributed by atoms with van der Waals surface area (Å²) in [5, 5.41) is 8.71. The fourth-order valence-corrected chi connectivity index (χ4v) is 1.59. The Bertz CT molecular complexity index is 407. The molecule has 1 rings (SSSR count). The number of hydrogen-bond donors (Lipinski definition) is 1. The second-order valence-corrected chi connectivity index (χ2v) is 4.53. The van der Waals surface area contributed by atoms with Crippen LogP contribution in [0.5, 0.6) is 0 Å². The number of halogens is 3. The van der Waals surface area contributed by atoms with E-state index in [1.54, 1.807) is 13.8 Å². The molecule has 1 aromatic rings. The number of carboxylic acid groups (broad SMARTS) is 1. The van der Waals surface area contributed by atoms with E-state index in [9.17, 15) is 18.0 Å². The lowest BCUT2D eigenvalue weighted by Crippen LogP contribution is -2.21. The van der Waals surface area contributed by atoms with Crippen LogP contribution in [0.4, 0.5) is 13.2 Å². The fourth-order valence-electron chi connectivity index (χ4n) is 1.59. The molecule has 5 heteroatoms.